The van der Waals surface area contributed by atoms with Gasteiger partial charge in [-0.1, -0.05) is 62.8 Å². The smallest absolute Gasteiger partial charge is 0.0686 e. The minimum Gasteiger partial charge on any atom is -0.668 e. The molecule has 0 aromatic heterocycles. The Balaban J connectivity index is -0.000000164. The molecular formula is C24H51N3Si2Ti. The molecule has 0 saturated heterocycles. The zero-order valence-corrected chi connectivity index (χ0v) is 26.2. The van der Waals surface area contributed by atoms with Gasteiger partial charge in [0, 0.05) is 0 Å². The van der Waals surface area contributed by atoms with Crippen molar-refractivity contribution in [2.75, 3.05) is 42.3 Å². The number of allylic oxidation sites excluding steroid dienone is 6. The molecular weight excluding hydrogens is 434 g/mol. The molecule has 30 heavy (non-hydrogen) atoms. The van der Waals surface area contributed by atoms with Crippen LogP contribution in [0.15, 0.2) is 45.7 Å². The molecule has 0 N–H and O–H groups in total. The maximum Gasteiger partial charge on any atom is 0.0686 e. The molecule has 0 saturated carbocycles. The van der Waals surface area contributed by atoms with Crippen molar-refractivity contribution in [2.45, 2.75) is 59.6 Å². The van der Waals surface area contributed by atoms with Gasteiger partial charge in [0.05, 0.1) is 16.1 Å². The summed E-state index contributed by atoms with van der Waals surface area (Å²) in [6.45, 7) is 18.7. The van der Waals surface area contributed by atoms with E-state index in [0.717, 1.165) is 0 Å². The molecule has 0 aromatic carbocycles. The van der Waals surface area contributed by atoms with Gasteiger partial charge in [0.25, 0.3) is 0 Å². The summed E-state index contributed by atoms with van der Waals surface area (Å²) in [4.78, 5) is 0. The Labute approximate surface area is 204 Å². The molecule has 3 nitrogen and oxygen atoms in total. The first-order valence-corrected chi connectivity index (χ1v) is 18.4. The van der Waals surface area contributed by atoms with E-state index in [4.69, 9.17) is 0 Å². The summed E-state index contributed by atoms with van der Waals surface area (Å²) < 4.78 is 1.49. The van der Waals surface area contributed by atoms with Crippen molar-refractivity contribution in [3.05, 3.63) is 61.6 Å². The van der Waals surface area contributed by atoms with E-state index >= 15 is 0 Å². The van der Waals surface area contributed by atoms with E-state index < -0.39 is 16.1 Å². The summed E-state index contributed by atoms with van der Waals surface area (Å²) in [5.74, 6) is 0. The second-order valence-electron chi connectivity index (χ2n) is 9.89. The fraction of sp³-hybridized carbons (Fsp3) is 0.667. The maximum atomic E-state index is 3.50. The zero-order valence-electron chi connectivity index (χ0n) is 22.6. The third kappa shape index (κ3) is 38.6. The van der Waals surface area contributed by atoms with Crippen molar-refractivity contribution < 1.29 is 20.4 Å². The van der Waals surface area contributed by atoms with Gasteiger partial charge >= 0.3 is 68.2 Å². The average Bonchev–Trinajstić information content (AvgIpc) is 2.56. The van der Waals surface area contributed by atoms with Crippen molar-refractivity contribution in [3.8, 4) is 0 Å². The molecule has 0 fully saturated rings. The van der Waals surface area contributed by atoms with Gasteiger partial charge in [-0.2, -0.15) is 42.3 Å². The van der Waals surface area contributed by atoms with E-state index in [1.165, 1.54) is 10.3 Å². The molecule has 0 aliphatic heterocycles. The fourth-order valence-electron chi connectivity index (χ4n) is 1.55. The summed E-state index contributed by atoms with van der Waals surface area (Å²) in [7, 11) is 8.56. The minimum absolute atomic E-state index is 0.411. The van der Waals surface area contributed by atoms with Crippen LogP contribution in [-0.2, 0) is 20.4 Å². The molecule has 6 heteroatoms. The molecule has 0 aromatic rings. The molecule has 0 spiro atoms. The monoisotopic (exact) mass is 485 g/mol. The second-order valence-corrected chi connectivity index (χ2v) is 20.9. The van der Waals surface area contributed by atoms with E-state index in [9.17, 15) is 0 Å². The van der Waals surface area contributed by atoms with Crippen molar-refractivity contribution in [3.63, 3.8) is 0 Å². The predicted octanol–water partition coefficient (Wildman–Crippen LogP) is 8.12. The quantitative estimate of drug-likeness (QED) is 0.286. The summed E-state index contributed by atoms with van der Waals surface area (Å²) in [6.07, 6.45) is 12.2. The number of rotatable bonds is 3. The Morgan fingerprint density at radius 3 is 1.23 bits per heavy atom. The Bertz CT molecular complexity index is 457. The Morgan fingerprint density at radius 1 is 0.767 bits per heavy atom. The maximum absolute atomic E-state index is 3.50. The van der Waals surface area contributed by atoms with Gasteiger partial charge < -0.3 is 16.0 Å². The van der Waals surface area contributed by atoms with Crippen LogP contribution in [0, 0.1) is 5.41 Å². The molecule has 0 radical (unpaired) electrons. The van der Waals surface area contributed by atoms with E-state index in [1.54, 1.807) is 42.3 Å². The third-order valence-corrected chi connectivity index (χ3v) is 6.76. The Kier molecular flexibility index (Phi) is 27.6. The number of nitrogens with zero attached hydrogens (tertiary/aromatic N) is 3. The predicted molar refractivity (Wildman–Crippen MR) is 146 cm³/mol. The molecule has 0 heterocycles. The van der Waals surface area contributed by atoms with Crippen molar-refractivity contribution in [1.82, 2.24) is 0 Å². The third-order valence-electron chi connectivity index (χ3n) is 3.06. The minimum atomic E-state index is -0.970. The molecule has 1 aliphatic rings. The van der Waals surface area contributed by atoms with Gasteiger partial charge in [0.15, 0.2) is 0 Å². The van der Waals surface area contributed by atoms with Crippen molar-refractivity contribution >= 4 is 16.1 Å². The largest absolute Gasteiger partial charge is 0.668 e. The fourth-order valence-corrected chi connectivity index (χ4v) is 3.24. The van der Waals surface area contributed by atoms with Crippen LogP contribution in [0.1, 0.15) is 20.3 Å². The van der Waals surface area contributed by atoms with Crippen LogP contribution in [0.4, 0.5) is 0 Å². The van der Waals surface area contributed by atoms with Crippen LogP contribution >= 0.6 is 0 Å². The summed E-state index contributed by atoms with van der Waals surface area (Å²) in [5.41, 5.74) is 5.17. The van der Waals surface area contributed by atoms with Gasteiger partial charge in [0.1, 0.15) is 0 Å². The summed E-state index contributed by atoms with van der Waals surface area (Å²) >= 11 is 2.20. The summed E-state index contributed by atoms with van der Waals surface area (Å²) in [5, 5.41) is 10.5. The topological polar surface area (TPSA) is 42.3 Å². The molecule has 0 amide bonds. The summed E-state index contributed by atoms with van der Waals surface area (Å²) in [6, 6.07) is 0. The van der Waals surface area contributed by atoms with E-state index in [2.05, 4.69) is 131 Å². The van der Waals surface area contributed by atoms with E-state index in [0.29, 0.717) is 5.41 Å². The van der Waals surface area contributed by atoms with Crippen molar-refractivity contribution in [1.29, 1.82) is 0 Å². The SMILES string of the molecule is CC1(C)CC=CC=[C]1[Ti+3].C[N-]C.C[N-]C.C[N-]C.C[Si](C)(C)C=CC=C[Si](C)(C)C. The molecule has 0 unspecified atom stereocenters. The van der Waals surface area contributed by atoms with E-state index in [-0.39, 0.29) is 0 Å². The first-order valence-electron chi connectivity index (χ1n) is 10.5. The van der Waals surface area contributed by atoms with Gasteiger partial charge in [-0.15, -0.1) is 0 Å². The van der Waals surface area contributed by atoms with Crippen LogP contribution in [0.2, 0.25) is 39.3 Å². The molecule has 1 aliphatic carbocycles. The molecule has 0 bridgehead atoms. The molecule has 0 atom stereocenters. The zero-order chi connectivity index (χ0) is 24.9. The first-order chi connectivity index (χ1) is 13.6. The second kappa shape index (κ2) is 22.2. The van der Waals surface area contributed by atoms with E-state index in [1.807, 2.05) is 0 Å². The van der Waals surface area contributed by atoms with Crippen molar-refractivity contribution in [2.24, 2.45) is 5.41 Å². The van der Waals surface area contributed by atoms with Crippen LogP contribution < -0.4 is 0 Å². The van der Waals surface area contributed by atoms with Crippen LogP contribution in [0.3, 0.4) is 0 Å². The van der Waals surface area contributed by atoms with Crippen LogP contribution in [0.25, 0.3) is 16.0 Å². The molecule has 174 valence electrons. The van der Waals surface area contributed by atoms with Crippen LogP contribution in [-0.4, -0.2) is 58.4 Å². The first kappa shape index (κ1) is 37.3. The van der Waals surface area contributed by atoms with Gasteiger partial charge in [-0.25, -0.2) is 0 Å². The standard InChI is InChI=1S/C10H22Si2.C8H11.3C2H6N.Ti/c1-11(2,3)9-7-8-10-12(4,5)6;1-8(2)6-4-3-5-7-8;3*1-3-2;/h7-10H,1-6H3;3-5H,6H2,1-2H3;3*1-2H3;/q;;3*-1;+3. The normalized spacial score (nSPS) is 14.9. The average molecular weight is 486 g/mol. The van der Waals surface area contributed by atoms with Gasteiger partial charge in [-0.3, -0.25) is 0 Å². The number of hydrogen-bond donors (Lipinski definition) is 0. The Morgan fingerprint density at radius 2 is 1.07 bits per heavy atom. The molecule has 1 rings (SSSR count). The van der Waals surface area contributed by atoms with Gasteiger partial charge in [0.2, 0.25) is 0 Å². The van der Waals surface area contributed by atoms with Crippen LogP contribution in [0.5, 0.6) is 0 Å². The van der Waals surface area contributed by atoms with Gasteiger partial charge in [-0.05, 0) is 0 Å². The number of hydrogen-bond acceptors (Lipinski definition) is 0. The Hall–Kier alpha value is -0.0119.